The van der Waals surface area contributed by atoms with Crippen molar-refractivity contribution < 1.29 is 68.9 Å². The largest absolute Gasteiger partial charge is 1.00 e. The van der Waals surface area contributed by atoms with Crippen molar-refractivity contribution in [2.24, 2.45) is 17.4 Å². The van der Waals surface area contributed by atoms with Crippen molar-refractivity contribution in [2.45, 2.75) is 90.3 Å². The first-order valence-corrected chi connectivity index (χ1v) is 22.2. The van der Waals surface area contributed by atoms with Crippen LogP contribution >= 0.6 is 0 Å². The Morgan fingerprint density at radius 3 is 1.89 bits per heavy atom. The van der Waals surface area contributed by atoms with E-state index in [1.54, 1.807) is 0 Å². The fourth-order valence-corrected chi connectivity index (χ4v) is 7.64. The van der Waals surface area contributed by atoms with Gasteiger partial charge in [0.25, 0.3) is 5.91 Å². The summed E-state index contributed by atoms with van der Waals surface area (Å²) in [6.07, 6.45) is 4.13. The van der Waals surface area contributed by atoms with E-state index in [1.807, 2.05) is 97.9 Å². The lowest BCUT2D eigenvalue weighted by Gasteiger charge is -2.24. The van der Waals surface area contributed by atoms with Crippen molar-refractivity contribution >= 4 is 51.1 Å². The molecule has 0 saturated carbocycles. The lowest BCUT2D eigenvalue weighted by molar-refractivity contribution is -0.459. The first kappa shape index (κ1) is 53.4. The van der Waals surface area contributed by atoms with Gasteiger partial charge in [-0.2, -0.15) is 0 Å². The number of amides is 2. The summed E-state index contributed by atoms with van der Waals surface area (Å²) in [6, 6.07) is 31.5. The highest BCUT2D eigenvalue weighted by Gasteiger charge is 2.31. The van der Waals surface area contributed by atoms with Crippen LogP contribution in [0, 0.1) is 5.92 Å². The maximum Gasteiger partial charge on any atom is 0.338 e. The van der Waals surface area contributed by atoms with Gasteiger partial charge in [-0.1, -0.05) is 111 Å². The summed E-state index contributed by atoms with van der Waals surface area (Å²) in [5, 5.41) is 9.76. The van der Waals surface area contributed by atoms with Crippen LogP contribution in [0.4, 0.5) is 0 Å². The summed E-state index contributed by atoms with van der Waals surface area (Å²) in [6.45, 7) is 5.24. The molecule has 0 aliphatic carbocycles. The molecule has 5 aromatic rings. The molecule has 0 unspecified atom stereocenters. The predicted octanol–water partition coefficient (Wildman–Crippen LogP) is -1.53. The Balaban J connectivity index is 0.00000561. The summed E-state index contributed by atoms with van der Waals surface area (Å²) in [4.78, 5) is 58.1. The fraction of sp³-hybridized carbons (Fsp3) is 0.380. The summed E-state index contributed by atoms with van der Waals surface area (Å²) < 4.78 is 18.3. The predicted molar refractivity (Wildman–Crippen MR) is 246 cm³/mol. The zero-order valence-electron chi connectivity index (χ0n) is 37.4. The molecule has 3 atom stereocenters. The monoisotopic (exact) mass is 930 g/mol. The van der Waals surface area contributed by atoms with Crippen LogP contribution in [0.3, 0.4) is 0 Å². The highest BCUT2D eigenvalue weighted by Crippen LogP contribution is 2.45. The molecule has 0 saturated heterocycles. The molecule has 0 bridgehead atoms. The number of nitrogens with two attached hydrogens (primary N) is 2. The lowest BCUT2D eigenvalue weighted by Crippen LogP contribution is -3.00. The number of unbranched alkanes of at least 4 members (excludes halogenated alkanes) is 1. The molecular formula is C50H64Cl2N6O7. The third kappa shape index (κ3) is 15.9. The molecule has 10 N–H and O–H groups in total. The van der Waals surface area contributed by atoms with Gasteiger partial charge in [0.2, 0.25) is 5.91 Å². The SMILES string of the molecule is CCCOc1ccc2ccccc2c1-c1c(OCC(=O)N[C@H](CCCC[NH3+])C(=O)C[C@H](CCC[NH+]=C(N)N)C(=O)N[C@@H](CCC)C(=O)OCc2ccccc2)ccc2ccccc12.[Cl-].[Cl-]. The van der Waals surface area contributed by atoms with Crippen LogP contribution in [0.5, 0.6) is 11.5 Å². The van der Waals surface area contributed by atoms with Crippen molar-refractivity contribution in [3.05, 3.63) is 109 Å². The average molecular weight is 932 g/mol. The van der Waals surface area contributed by atoms with Gasteiger partial charge in [0, 0.05) is 23.5 Å². The van der Waals surface area contributed by atoms with E-state index < -0.39 is 35.8 Å². The van der Waals surface area contributed by atoms with Crippen molar-refractivity contribution in [2.75, 3.05) is 26.3 Å². The minimum atomic E-state index is -0.900. The molecule has 13 nitrogen and oxygen atoms in total. The van der Waals surface area contributed by atoms with Crippen molar-refractivity contribution in [1.29, 1.82) is 0 Å². The third-order valence-corrected chi connectivity index (χ3v) is 10.8. The van der Waals surface area contributed by atoms with Crippen molar-refractivity contribution in [1.82, 2.24) is 10.6 Å². The van der Waals surface area contributed by atoms with Gasteiger partial charge < -0.3 is 55.4 Å². The summed E-state index contributed by atoms with van der Waals surface area (Å²) in [5.41, 5.74) is 17.6. The smallest absolute Gasteiger partial charge is 0.338 e. The van der Waals surface area contributed by atoms with Gasteiger partial charge >= 0.3 is 11.9 Å². The maximum atomic E-state index is 14.2. The molecule has 0 aliphatic rings. The molecule has 5 aromatic carbocycles. The Hall–Kier alpha value is -5.89. The number of nitrogens with one attached hydrogen (secondary N) is 3. The van der Waals surface area contributed by atoms with E-state index in [4.69, 9.17) is 25.7 Å². The number of hydrogen-bond acceptors (Lipinski definition) is 7. The van der Waals surface area contributed by atoms with E-state index in [0.29, 0.717) is 69.7 Å². The second-order valence-corrected chi connectivity index (χ2v) is 15.8. The third-order valence-electron chi connectivity index (χ3n) is 10.8. The van der Waals surface area contributed by atoms with Crippen LogP contribution in [0.25, 0.3) is 32.7 Å². The second kappa shape index (κ2) is 28.1. The topological polar surface area (TPSA) is 214 Å². The normalized spacial score (nSPS) is 12.1. The number of fused-ring (bicyclic) bond motifs is 2. The molecule has 65 heavy (non-hydrogen) atoms. The Labute approximate surface area is 394 Å². The molecule has 350 valence electrons. The van der Waals surface area contributed by atoms with E-state index in [0.717, 1.165) is 51.1 Å². The second-order valence-electron chi connectivity index (χ2n) is 15.8. The molecule has 0 spiro atoms. The first-order valence-electron chi connectivity index (χ1n) is 22.2. The Kier molecular flexibility index (Phi) is 23.1. The Bertz CT molecular complexity index is 2330. The number of hydrogen-bond donors (Lipinski definition) is 6. The van der Waals surface area contributed by atoms with Crippen LogP contribution < -0.4 is 67.1 Å². The maximum absolute atomic E-state index is 14.2. The number of ether oxygens (including phenoxy) is 3. The van der Waals surface area contributed by atoms with Gasteiger partial charge in [-0.15, -0.1) is 0 Å². The standard InChI is InChI=1S/C50H62N6O7.2ClH/c1-3-15-41(49(60)63-32-34-16-6-5-7-17-34)56-48(59)37(20-14-29-54-50(52)53)31-42(57)40(23-12-13-28-51)55-45(58)33-62-44-27-25-36-19-9-11-22-39(36)47(44)46-38-21-10-8-18-35(38)24-26-43(46)61-30-4-2;;/h5-11,16-19,21-22,24-27,37,40-41H,3-4,12-15,20,23,28-33,51H2,1-2H3,(H,55,58)(H,56,59)(H4,52,53,54);2*1H/t37-,40+,41-;;/m0../s1. The van der Waals surface area contributed by atoms with Gasteiger partial charge in [-0.3, -0.25) is 30.8 Å². The number of carbonyl (C=O) groups is 4. The van der Waals surface area contributed by atoms with E-state index >= 15 is 0 Å². The summed E-state index contributed by atoms with van der Waals surface area (Å²) in [5.74, 6) is -1.35. The van der Waals surface area contributed by atoms with Crippen molar-refractivity contribution in [3.63, 3.8) is 0 Å². The minimum Gasteiger partial charge on any atom is -1.00 e. The average Bonchev–Trinajstić information content (AvgIpc) is 3.29. The van der Waals surface area contributed by atoms with Gasteiger partial charge in [0.1, 0.15) is 24.1 Å². The Morgan fingerprint density at radius 1 is 0.677 bits per heavy atom. The van der Waals surface area contributed by atoms with E-state index in [1.165, 1.54) is 0 Å². The number of esters is 1. The fourth-order valence-electron chi connectivity index (χ4n) is 7.64. The van der Waals surface area contributed by atoms with Gasteiger partial charge in [-0.25, -0.2) is 4.79 Å². The number of halogens is 2. The molecule has 0 aliphatic heterocycles. The minimum absolute atomic E-state index is 0. The summed E-state index contributed by atoms with van der Waals surface area (Å²) in [7, 11) is 0. The number of carbonyl (C=O) groups excluding carboxylic acids is 4. The van der Waals surface area contributed by atoms with E-state index in [-0.39, 0.29) is 56.2 Å². The zero-order chi connectivity index (χ0) is 45.0. The van der Waals surface area contributed by atoms with E-state index in [9.17, 15) is 19.2 Å². The highest BCUT2D eigenvalue weighted by atomic mass is 35.5. The molecule has 0 heterocycles. The molecule has 0 aromatic heterocycles. The van der Waals surface area contributed by atoms with Crippen molar-refractivity contribution in [3.8, 4) is 22.6 Å². The molecule has 2 amide bonds. The summed E-state index contributed by atoms with van der Waals surface area (Å²) >= 11 is 0. The number of ketones is 1. The zero-order valence-corrected chi connectivity index (χ0v) is 38.9. The molecule has 0 radical (unpaired) electrons. The number of benzene rings is 5. The molecule has 5 rings (SSSR count). The van der Waals surface area contributed by atoms with Crippen LogP contribution in [0.1, 0.15) is 77.2 Å². The van der Waals surface area contributed by atoms with Crippen LogP contribution in [0.2, 0.25) is 0 Å². The van der Waals surface area contributed by atoms with E-state index in [2.05, 4.69) is 40.4 Å². The molecule has 15 heteroatoms. The number of quaternary nitrogens is 1. The number of Topliss-reactive ketones (excluding diaryl/α,β-unsaturated/α-hetero) is 1. The Morgan fingerprint density at radius 2 is 1.29 bits per heavy atom. The first-order chi connectivity index (χ1) is 30.6. The van der Waals surface area contributed by atoms with Gasteiger partial charge in [0.15, 0.2) is 12.4 Å². The van der Waals surface area contributed by atoms with Gasteiger partial charge in [-0.05, 0) is 84.2 Å². The van der Waals surface area contributed by atoms with Crippen LogP contribution in [0.15, 0.2) is 103 Å². The molecule has 0 fully saturated rings. The highest BCUT2D eigenvalue weighted by molar-refractivity contribution is 6.10. The number of guanidine groups is 1. The van der Waals surface area contributed by atoms with Crippen LogP contribution in [-0.2, 0) is 30.5 Å². The molecular weight excluding hydrogens is 867 g/mol. The van der Waals surface area contributed by atoms with Crippen LogP contribution in [-0.4, -0.2) is 67.9 Å². The van der Waals surface area contributed by atoms with Gasteiger partial charge in [0.05, 0.1) is 25.7 Å². The quantitative estimate of drug-likeness (QED) is 0.0164. The number of rotatable bonds is 26. The lowest BCUT2D eigenvalue weighted by atomic mass is 9.91.